The van der Waals surface area contributed by atoms with Gasteiger partial charge in [0.05, 0.1) is 0 Å². The first-order valence-corrected chi connectivity index (χ1v) is 6.08. The summed E-state index contributed by atoms with van der Waals surface area (Å²) in [6.45, 7) is 2.92. The predicted octanol–water partition coefficient (Wildman–Crippen LogP) is 0.840. The Morgan fingerprint density at radius 1 is 1.35 bits per heavy atom. The van der Waals surface area contributed by atoms with Gasteiger partial charge in [-0.25, -0.2) is 9.89 Å². The molecule has 1 aromatic heterocycles. The van der Waals surface area contributed by atoms with Gasteiger partial charge in [-0.15, -0.1) is 5.10 Å². The molecular formula is C11H18N4O2. The van der Waals surface area contributed by atoms with Gasteiger partial charge in [0, 0.05) is 6.54 Å². The van der Waals surface area contributed by atoms with Crippen molar-refractivity contribution in [1.82, 2.24) is 15.2 Å². The van der Waals surface area contributed by atoms with E-state index in [1.807, 2.05) is 0 Å². The fraction of sp³-hybridized carbons (Fsp3) is 0.727. The largest absolute Gasteiger partial charge is 0.363 e. The van der Waals surface area contributed by atoms with Gasteiger partial charge in [-0.05, 0) is 24.7 Å². The van der Waals surface area contributed by atoms with E-state index in [9.17, 15) is 9.59 Å². The third-order valence-corrected chi connectivity index (χ3v) is 3.76. The molecule has 3 N–H and O–H groups in total. The van der Waals surface area contributed by atoms with Crippen molar-refractivity contribution < 1.29 is 0 Å². The van der Waals surface area contributed by atoms with E-state index >= 15 is 0 Å². The lowest BCUT2D eigenvalue weighted by Crippen LogP contribution is -2.32. The molecule has 6 heteroatoms. The van der Waals surface area contributed by atoms with Crippen molar-refractivity contribution in [2.24, 2.45) is 5.41 Å². The van der Waals surface area contributed by atoms with E-state index < -0.39 is 11.2 Å². The van der Waals surface area contributed by atoms with Crippen LogP contribution in [0.25, 0.3) is 0 Å². The van der Waals surface area contributed by atoms with E-state index in [1.165, 1.54) is 25.7 Å². The summed E-state index contributed by atoms with van der Waals surface area (Å²) in [5.41, 5.74) is -0.755. The molecule has 0 aliphatic heterocycles. The molecule has 1 aromatic rings. The Bertz CT molecular complexity index is 485. The second-order valence-corrected chi connectivity index (χ2v) is 4.77. The van der Waals surface area contributed by atoms with E-state index in [-0.39, 0.29) is 11.2 Å². The topological polar surface area (TPSA) is 90.6 Å². The van der Waals surface area contributed by atoms with Crippen LogP contribution in [0.15, 0.2) is 9.59 Å². The Kier molecular flexibility index (Phi) is 3.31. The number of rotatable bonds is 4. The zero-order valence-electron chi connectivity index (χ0n) is 10.0. The Morgan fingerprint density at radius 3 is 2.65 bits per heavy atom. The highest BCUT2D eigenvalue weighted by Crippen LogP contribution is 2.40. The summed E-state index contributed by atoms with van der Waals surface area (Å²) in [5, 5.41) is 8.98. The number of aromatic amines is 2. The van der Waals surface area contributed by atoms with Crippen LogP contribution < -0.4 is 16.6 Å². The Labute approximate surface area is 98.8 Å². The molecule has 17 heavy (non-hydrogen) atoms. The number of hydrogen-bond acceptors (Lipinski definition) is 4. The van der Waals surface area contributed by atoms with Crippen molar-refractivity contribution >= 4 is 5.82 Å². The smallest absolute Gasteiger partial charge is 0.342 e. The normalized spacial score (nSPS) is 18.2. The van der Waals surface area contributed by atoms with Crippen LogP contribution in [0.1, 0.15) is 39.0 Å². The molecule has 94 valence electrons. The second kappa shape index (κ2) is 4.73. The lowest BCUT2D eigenvalue weighted by molar-refractivity contribution is 0.306. The van der Waals surface area contributed by atoms with Crippen LogP contribution in [0.5, 0.6) is 0 Å². The molecule has 0 bridgehead atoms. The van der Waals surface area contributed by atoms with Gasteiger partial charge < -0.3 is 5.32 Å². The van der Waals surface area contributed by atoms with Crippen LogP contribution in [-0.2, 0) is 0 Å². The maximum absolute atomic E-state index is 11.4. The summed E-state index contributed by atoms with van der Waals surface area (Å²) >= 11 is 0. The summed E-state index contributed by atoms with van der Waals surface area (Å²) < 4.78 is 0. The van der Waals surface area contributed by atoms with Crippen LogP contribution in [0.3, 0.4) is 0 Å². The molecule has 0 unspecified atom stereocenters. The summed E-state index contributed by atoms with van der Waals surface area (Å²) in [5.74, 6) is 0.198. The minimum Gasteiger partial charge on any atom is -0.363 e. The number of H-pyrrole nitrogens is 2. The first kappa shape index (κ1) is 11.9. The number of nitrogens with zero attached hydrogens (tertiary/aromatic N) is 1. The summed E-state index contributed by atoms with van der Waals surface area (Å²) in [4.78, 5) is 24.4. The lowest BCUT2D eigenvalue weighted by Gasteiger charge is -2.27. The van der Waals surface area contributed by atoms with Crippen LogP contribution in [0.2, 0.25) is 0 Å². The molecule has 0 aromatic carbocycles. The van der Waals surface area contributed by atoms with Gasteiger partial charge in [0.25, 0.3) is 5.56 Å². The van der Waals surface area contributed by atoms with Gasteiger partial charge in [-0.2, -0.15) is 0 Å². The molecule has 1 saturated carbocycles. The van der Waals surface area contributed by atoms with Crippen LogP contribution in [0.4, 0.5) is 5.82 Å². The zero-order valence-corrected chi connectivity index (χ0v) is 10.0. The van der Waals surface area contributed by atoms with Crippen LogP contribution in [-0.4, -0.2) is 21.7 Å². The molecule has 1 aliphatic carbocycles. The van der Waals surface area contributed by atoms with E-state index in [1.54, 1.807) is 0 Å². The maximum Gasteiger partial charge on any atom is 0.342 e. The third kappa shape index (κ3) is 2.57. The molecule has 0 spiro atoms. The van der Waals surface area contributed by atoms with Crippen molar-refractivity contribution in [3.05, 3.63) is 20.8 Å². The van der Waals surface area contributed by atoms with Gasteiger partial charge in [0.15, 0.2) is 0 Å². The Morgan fingerprint density at radius 2 is 2.06 bits per heavy atom. The SMILES string of the molecule is CCC1(CNc2n[nH]c(=O)[nH]c2=O)CCCC1. The average Bonchev–Trinajstić information content (AvgIpc) is 2.77. The van der Waals surface area contributed by atoms with Gasteiger partial charge in [-0.1, -0.05) is 19.8 Å². The van der Waals surface area contributed by atoms with E-state index in [0.29, 0.717) is 0 Å². The van der Waals surface area contributed by atoms with Gasteiger partial charge in [0.1, 0.15) is 0 Å². The van der Waals surface area contributed by atoms with E-state index in [0.717, 1.165) is 13.0 Å². The summed E-state index contributed by atoms with van der Waals surface area (Å²) in [6.07, 6.45) is 5.99. The molecule has 1 fully saturated rings. The number of hydrogen-bond donors (Lipinski definition) is 3. The highest BCUT2D eigenvalue weighted by Gasteiger charge is 2.31. The number of anilines is 1. The Balaban J connectivity index is 2.06. The van der Waals surface area contributed by atoms with Gasteiger partial charge in [-0.3, -0.25) is 9.78 Å². The van der Waals surface area contributed by atoms with Crippen LogP contribution >= 0.6 is 0 Å². The minimum absolute atomic E-state index is 0.198. The molecule has 0 amide bonds. The monoisotopic (exact) mass is 238 g/mol. The molecule has 2 rings (SSSR count). The Hall–Kier alpha value is -1.59. The quantitative estimate of drug-likeness (QED) is 0.725. The van der Waals surface area contributed by atoms with Crippen molar-refractivity contribution in [3.8, 4) is 0 Å². The zero-order chi connectivity index (χ0) is 12.3. The van der Waals surface area contributed by atoms with E-state index in [2.05, 4.69) is 27.4 Å². The predicted molar refractivity (Wildman–Crippen MR) is 65.2 cm³/mol. The highest BCUT2D eigenvalue weighted by molar-refractivity contribution is 5.29. The van der Waals surface area contributed by atoms with Crippen LogP contribution in [0, 0.1) is 5.41 Å². The average molecular weight is 238 g/mol. The van der Waals surface area contributed by atoms with Gasteiger partial charge >= 0.3 is 5.69 Å². The second-order valence-electron chi connectivity index (χ2n) is 4.77. The molecule has 0 saturated heterocycles. The molecular weight excluding hydrogens is 220 g/mol. The third-order valence-electron chi connectivity index (χ3n) is 3.76. The highest BCUT2D eigenvalue weighted by atomic mass is 16.2. The molecule has 1 aliphatic rings. The fourth-order valence-electron chi connectivity index (χ4n) is 2.52. The van der Waals surface area contributed by atoms with E-state index in [4.69, 9.17) is 0 Å². The fourth-order valence-corrected chi connectivity index (χ4v) is 2.52. The minimum atomic E-state index is -0.577. The lowest BCUT2D eigenvalue weighted by atomic mass is 9.83. The molecule has 0 radical (unpaired) electrons. The summed E-state index contributed by atoms with van der Waals surface area (Å²) in [6, 6.07) is 0. The maximum atomic E-state index is 11.4. The molecule has 1 heterocycles. The summed E-state index contributed by atoms with van der Waals surface area (Å²) in [7, 11) is 0. The van der Waals surface area contributed by atoms with Crippen molar-refractivity contribution in [1.29, 1.82) is 0 Å². The molecule has 0 atom stereocenters. The standard InChI is InChI=1S/C11H18N4O2/c1-2-11(5-3-4-6-11)7-12-8-9(16)13-10(17)15-14-8/h2-7H2,1H3,(H,12,14)(H2,13,15,16,17). The van der Waals surface area contributed by atoms with Crippen molar-refractivity contribution in [2.75, 3.05) is 11.9 Å². The first-order chi connectivity index (χ1) is 8.15. The number of nitrogens with one attached hydrogen (secondary N) is 3. The van der Waals surface area contributed by atoms with Gasteiger partial charge in [0.2, 0.25) is 5.82 Å². The molecule has 6 nitrogen and oxygen atoms in total. The number of aromatic nitrogens is 3. The van der Waals surface area contributed by atoms with Crippen molar-refractivity contribution in [3.63, 3.8) is 0 Å². The first-order valence-electron chi connectivity index (χ1n) is 6.08. The van der Waals surface area contributed by atoms with Crippen molar-refractivity contribution in [2.45, 2.75) is 39.0 Å².